The van der Waals surface area contributed by atoms with Gasteiger partial charge in [-0.2, -0.15) is 0 Å². The van der Waals surface area contributed by atoms with E-state index in [9.17, 15) is 0 Å². The van der Waals surface area contributed by atoms with Crippen molar-refractivity contribution in [1.29, 1.82) is 0 Å². The van der Waals surface area contributed by atoms with Crippen LogP contribution in [0.5, 0.6) is 11.5 Å². The Bertz CT molecular complexity index is 3830. The van der Waals surface area contributed by atoms with E-state index in [4.69, 9.17) is 9.72 Å². The Morgan fingerprint density at radius 1 is 0.462 bits per heavy atom. The van der Waals surface area contributed by atoms with Crippen molar-refractivity contribution >= 4 is 53.3 Å². The molecular weight excluding hydrogens is 809 g/mol. The lowest BCUT2D eigenvalue weighted by Gasteiger charge is -2.45. The first-order chi connectivity index (χ1) is 32.1. The summed E-state index contributed by atoms with van der Waals surface area (Å²) in [5.41, 5.74) is 18.0. The normalized spacial score (nSPS) is 13.2. The molecule has 0 amide bonds. The number of aromatic nitrogens is 2. The van der Waals surface area contributed by atoms with Gasteiger partial charge in [-0.25, -0.2) is 4.98 Å². The van der Waals surface area contributed by atoms with E-state index >= 15 is 0 Å². The third-order valence-corrected chi connectivity index (χ3v) is 15.2. The van der Waals surface area contributed by atoms with Crippen molar-refractivity contribution in [2.75, 3.05) is 0 Å². The first-order valence-corrected chi connectivity index (χ1v) is 23.1. The molecule has 0 atom stereocenters. The Labute approximate surface area is 380 Å². The number of ether oxygens (including phenoxy) is 1. The molecule has 0 saturated carbocycles. The molecule has 3 nitrogen and oxygen atoms in total. The zero-order valence-corrected chi connectivity index (χ0v) is 36.2. The van der Waals surface area contributed by atoms with E-state index in [1.165, 1.54) is 81.0 Å². The Balaban J connectivity index is 1.03. The number of thiophene rings is 1. The fourth-order valence-corrected chi connectivity index (χ4v) is 12.4. The van der Waals surface area contributed by atoms with Crippen molar-refractivity contribution in [1.82, 2.24) is 9.55 Å². The van der Waals surface area contributed by atoms with Crippen molar-refractivity contribution in [3.05, 3.63) is 240 Å². The largest absolute Gasteiger partial charge is 0.457 e. The SMILES string of the molecule is Cc1cc(-c2ccc3c(c2)-n2c4ccccc4c4cccc(c42)C32c3ccccc3Oc3ccccc32)cc2c1sc1cccc(-c3cc(-c4ccccc4)nc(-c4ccccc4)c3)c12. The molecule has 1 spiro atoms. The number of nitrogens with zero attached hydrogens (tertiary/aromatic N) is 2. The van der Waals surface area contributed by atoms with Gasteiger partial charge in [0.15, 0.2) is 0 Å². The van der Waals surface area contributed by atoms with Gasteiger partial charge in [-0.3, -0.25) is 0 Å². The Hall–Kier alpha value is -8.05. The average molecular weight is 847 g/mol. The minimum absolute atomic E-state index is 0.608. The van der Waals surface area contributed by atoms with Gasteiger partial charge in [0.05, 0.1) is 33.5 Å². The number of fused-ring (bicyclic) bond motifs is 14. The van der Waals surface area contributed by atoms with E-state index in [2.05, 4.69) is 224 Å². The Morgan fingerprint density at radius 3 is 1.83 bits per heavy atom. The molecule has 65 heavy (non-hydrogen) atoms. The van der Waals surface area contributed by atoms with Crippen LogP contribution >= 0.6 is 11.3 Å². The van der Waals surface area contributed by atoms with Crippen LogP contribution in [0.15, 0.2) is 212 Å². The molecular formula is C61H38N2OS. The monoisotopic (exact) mass is 846 g/mol. The zero-order valence-electron chi connectivity index (χ0n) is 35.4. The topological polar surface area (TPSA) is 27.1 Å². The second-order valence-electron chi connectivity index (χ2n) is 17.4. The lowest BCUT2D eigenvalue weighted by Crippen LogP contribution is -2.37. The van der Waals surface area contributed by atoms with Crippen molar-refractivity contribution in [3.8, 4) is 62.0 Å². The molecule has 5 heterocycles. The van der Waals surface area contributed by atoms with E-state index in [1.54, 1.807) is 0 Å². The highest BCUT2D eigenvalue weighted by Gasteiger charge is 2.50. The van der Waals surface area contributed by atoms with Crippen LogP contribution in [0.3, 0.4) is 0 Å². The highest BCUT2D eigenvalue weighted by Crippen LogP contribution is 2.60. The van der Waals surface area contributed by atoms with Crippen LogP contribution in [0.1, 0.15) is 27.8 Å². The summed E-state index contributed by atoms with van der Waals surface area (Å²) in [5, 5.41) is 5.06. The van der Waals surface area contributed by atoms with Gasteiger partial charge in [-0.1, -0.05) is 158 Å². The van der Waals surface area contributed by atoms with E-state index in [0.29, 0.717) is 0 Å². The number of hydrogen-bond donors (Lipinski definition) is 0. The molecule has 0 radical (unpaired) electrons. The molecule has 0 N–H and O–H groups in total. The van der Waals surface area contributed by atoms with Gasteiger partial charge in [-0.05, 0) is 100 Å². The summed E-state index contributed by atoms with van der Waals surface area (Å²) in [4.78, 5) is 5.23. The smallest absolute Gasteiger partial charge is 0.132 e. The third kappa shape index (κ3) is 5.14. The second kappa shape index (κ2) is 13.7. The summed E-state index contributed by atoms with van der Waals surface area (Å²) in [7, 11) is 0. The molecule has 14 rings (SSSR count). The summed E-state index contributed by atoms with van der Waals surface area (Å²) in [6.45, 7) is 2.27. The molecule has 0 unspecified atom stereocenters. The van der Waals surface area contributed by atoms with Crippen LogP contribution in [0.4, 0.5) is 0 Å². The van der Waals surface area contributed by atoms with Crippen LogP contribution in [0.2, 0.25) is 0 Å². The average Bonchev–Trinajstić information content (AvgIpc) is 3.93. The predicted octanol–water partition coefficient (Wildman–Crippen LogP) is 16.3. The van der Waals surface area contributed by atoms with Crippen molar-refractivity contribution in [3.63, 3.8) is 0 Å². The summed E-state index contributed by atoms with van der Waals surface area (Å²) < 4.78 is 11.9. The fraction of sp³-hybridized carbons (Fsp3) is 0.0328. The van der Waals surface area contributed by atoms with Crippen molar-refractivity contribution in [2.45, 2.75) is 12.3 Å². The first kappa shape index (κ1) is 36.4. The number of rotatable bonds is 4. The molecule has 0 saturated heterocycles. The molecule has 9 aromatic carbocycles. The van der Waals surface area contributed by atoms with Crippen LogP contribution in [0.25, 0.3) is 92.4 Å². The van der Waals surface area contributed by atoms with Gasteiger partial charge in [0.2, 0.25) is 0 Å². The molecule has 2 aliphatic rings. The quantitative estimate of drug-likeness (QED) is 0.176. The lowest BCUT2D eigenvalue weighted by atomic mass is 9.61. The molecule has 304 valence electrons. The van der Waals surface area contributed by atoms with Gasteiger partial charge in [0.25, 0.3) is 0 Å². The maximum atomic E-state index is 6.73. The summed E-state index contributed by atoms with van der Waals surface area (Å²) >= 11 is 1.89. The summed E-state index contributed by atoms with van der Waals surface area (Å²) in [5.74, 6) is 1.79. The molecule has 12 aromatic rings. The molecule has 4 heteroatoms. The van der Waals surface area contributed by atoms with Crippen molar-refractivity contribution in [2.24, 2.45) is 0 Å². The van der Waals surface area contributed by atoms with E-state index in [1.807, 2.05) is 11.3 Å². The van der Waals surface area contributed by atoms with Crippen molar-refractivity contribution < 1.29 is 4.74 Å². The molecule has 0 aliphatic carbocycles. The zero-order chi connectivity index (χ0) is 42.8. The van der Waals surface area contributed by atoms with E-state index in [-0.39, 0.29) is 0 Å². The van der Waals surface area contributed by atoms with Gasteiger partial charge >= 0.3 is 0 Å². The van der Waals surface area contributed by atoms with Crippen LogP contribution in [0, 0.1) is 6.92 Å². The Morgan fingerprint density at radius 2 is 1.09 bits per heavy atom. The maximum Gasteiger partial charge on any atom is 0.132 e. The predicted molar refractivity (Wildman–Crippen MR) is 270 cm³/mol. The molecule has 0 bridgehead atoms. The minimum atomic E-state index is -0.608. The summed E-state index contributed by atoms with van der Waals surface area (Å²) in [6.07, 6.45) is 0. The number of hydrogen-bond acceptors (Lipinski definition) is 3. The highest BCUT2D eigenvalue weighted by atomic mass is 32.1. The fourth-order valence-electron chi connectivity index (χ4n) is 11.2. The minimum Gasteiger partial charge on any atom is -0.457 e. The standard InChI is InChI=1S/C61H38N2OS/c1-37-32-41(33-46-58-43(21-15-29-57(58)65-60(37)46)42-34-51(38-16-4-2-5-17-38)62-52(35-42)39-18-6-3-7-19-39)40-30-31-47-54(36-40)63-53-26-11-8-20-44(53)45-22-14-25-50(59(45)63)61(47)48-23-9-12-27-55(48)64-56-28-13-10-24-49(56)61/h2-36H,1H3. The summed E-state index contributed by atoms with van der Waals surface area (Å²) in [6, 6.07) is 77.5. The van der Waals surface area contributed by atoms with Crippen LogP contribution in [-0.2, 0) is 5.41 Å². The lowest BCUT2D eigenvalue weighted by molar-refractivity contribution is 0.434. The molecule has 0 fully saturated rings. The first-order valence-electron chi connectivity index (χ1n) is 22.3. The number of para-hydroxylation sites is 4. The maximum absolute atomic E-state index is 6.73. The second-order valence-corrected chi connectivity index (χ2v) is 18.5. The Kier molecular flexibility index (Phi) is 7.69. The van der Waals surface area contributed by atoms with Crippen LogP contribution < -0.4 is 4.74 Å². The molecule has 2 aliphatic heterocycles. The third-order valence-electron chi connectivity index (χ3n) is 13.9. The number of aryl methyl sites for hydroxylation is 1. The number of benzene rings is 9. The van der Waals surface area contributed by atoms with Gasteiger partial charge in [0, 0.05) is 53.2 Å². The number of pyridine rings is 1. The van der Waals surface area contributed by atoms with E-state index < -0.39 is 5.41 Å². The van der Waals surface area contributed by atoms with E-state index in [0.717, 1.165) is 50.7 Å². The van der Waals surface area contributed by atoms with Gasteiger partial charge in [0.1, 0.15) is 11.5 Å². The van der Waals surface area contributed by atoms with Crippen LogP contribution in [-0.4, -0.2) is 9.55 Å². The highest BCUT2D eigenvalue weighted by molar-refractivity contribution is 7.26. The molecule has 3 aromatic heterocycles. The van der Waals surface area contributed by atoms with Gasteiger partial charge in [-0.15, -0.1) is 11.3 Å². The van der Waals surface area contributed by atoms with Gasteiger partial charge < -0.3 is 9.30 Å².